The number of nitrogens with zero attached hydrogens (tertiary/aromatic N) is 3. The normalized spacial score (nSPS) is 12.6. The SMILES string of the molecule is CCNC(C)c1nnc(-c2ccc([N+](=O)[O-])s2)s1. The molecule has 2 rings (SSSR count). The summed E-state index contributed by atoms with van der Waals surface area (Å²) in [4.78, 5) is 11.0. The van der Waals surface area contributed by atoms with Crippen molar-refractivity contribution in [2.75, 3.05) is 6.54 Å². The molecule has 0 fully saturated rings. The molecule has 0 aliphatic rings. The van der Waals surface area contributed by atoms with Gasteiger partial charge in [-0.2, -0.15) is 0 Å². The smallest absolute Gasteiger partial charge is 0.308 e. The highest BCUT2D eigenvalue weighted by Crippen LogP contribution is 2.35. The van der Waals surface area contributed by atoms with E-state index in [-0.39, 0.29) is 11.0 Å². The molecule has 0 saturated heterocycles. The molecule has 2 aromatic heterocycles. The first-order chi connectivity index (χ1) is 8.61. The van der Waals surface area contributed by atoms with Crippen LogP contribution >= 0.6 is 22.7 Å². The first-order valence-electron chi connectivity index (χ1n) is 5.43. The lowest BCUT2D eigenvalue weighted by molar-refractivity contribution is -0.380. The molecule has 96 valence electrons. The summed E-state index contributed by atoms with van der Waals surface area (Å²) in [5.41, 5.74) is 0. The Balaban J connectivity index is 2.20. The van der Waals surface area contributed by atoms with Crippen LogP contribution in [0.5, 0.6) is 0 Å². The molecule has 6 nitrogen and oxygen atoms in total. The molecule has 1 N–H and O–H groups in total. The van der Waals surface area contributed by atoms with Crippen molar-refractivity contribution in [1.82, 2.24) is 15.5 Å². The minimum atomic E-state index is -0.391. The van der Waals surface area contributed by atoms with E-state index in [9.17, 15) is 10.1 Å². The molecule has 1 unspecified atom stereocenters. The van der Waals surface area contributed by atoms with Gasteiger partial charge in [-0.15, -0.1) is 10.2 Å². The summed E-state index contributed by atoms with van der Waals surface area (Å²) in [5, 5.41) is 23.8. The van der Waals surface area contributed by atoms with Crippen molar-refractivity contribution >= 4 is 27.7 Å². The lowest BCUT2D eigenvalue weighted by Gasteiger charge is -2.06. The van der Waals surface area contributed by atoms with Crippen molar-refractivity contribution in [3.63, 3.8) is 0 Å². The van der Waals surface area contributed by atoms with Gasteiger partial charge in [0.05, 0.1) is 15.8 Å². The Morgan fingerprint density at radius 3 is 2.83 bits per heavy atom. The Labute approximate surface area is 112 Å². The Morgan fingerprint density at radius 1 is 1.44 bits per heavy atom. The summed E-state index contributed by atoms with van der Waals surface area (Å²) < 4.78 is 0. The van der Waals surface area contributed by atoms with Gasteiger partial charge in [-0.1, -0.05) is 29.6 Å². The highest BCUT2D eigenvalue weighted by molar-refractivity contribution is 7.23. The van der Waals surface area contributed by atoms with Crippen LogP contribution < -0.4 is 5.32 Å². The zero-order valence-electron chi connectivity index (χ0n) is 9.91. The standard InChI is InChI=1S/C10H12N4O2S2/c1-3-11-6(2)9-12-13-10(18-9)7-4-5-8(17-7)14(15)16/h4-6,11H,3H2,1-2H3. The van der Waals surface area contributed by atoms with Gasteiger partial charge in [-0.05, 0) is 19.5 Å². The van der Waals surface area contributed by atoms with E-state index in [2.05, 4.69) is 15.5 Å². The van der Waals surface area contributed by atoms with Crippen LogP contribution in [0.4, 0.5) is 5.00 Å². The average molecular weight is 284 g/mol. The maximum absolute atomic E-state index is 10.6. The van der Waals surface area contributed by atoms with Gasteiger partial charge in [0.25, 0.3) is 0 Å². The molecule has 0 aliphatic heterocycles. The van der Waals surface area contributed by atoms with Gasteiger partial charge in [0, 0.05) is 6.07 Å². The van der Waals surface area contributed by atoms with Gasteiger partial charge in [0.15, 0.2) is 5.01 Å². The fourth-order valence-corrected chi connectivity index (χ4v) is 3.18. The maximum atomic E-state index is 10.6. The van der Waals surface area contributed by atoms with Gasteiger partial charge >= 0.3 is 5.00 Å². The Kier molecular flexibility index (Phi) is 4.00. The van der Waals surface area contributed by atoms with Crippen LogP contribution in [-0.4, -0.2) is 21.7 Å². The summed E-state index contributed by atoms with van der Waals surface area (Å²) in [6.07, 6.45) is 0. The molecule has 0 radical (unpaired) electrons. The highest BCUT2D eigenvalue weighted by atomic mass is 32.1. The second kappa shape index (κ2) is 5.51. The van der Waals surface area contributed by atoms with Crippen molar-refractivity contribution in [1.29, 1.82) is 0 Å². The number of hydrogen-bond donors (Lipinski definition) is 1. The predicted octanol–water partition coefficient (Wildman–Crippen LogP) is 2.85. The summed E-state index contributed by atoms with van der Waals surface area (Å²) in [6, 6.07) is 3.36. The second-order valence-electron chi connectivity index (χ2n) is 3.62. The molecule has 8 heteroatoms. The Hall–Kier alpha value is -1.38. The average Bonchev–Trinajstić information content (AvgIpc) is 2.98. The molecule has 18 heavy (non-hydrogen) atoms. The Bertz CT molecular complexity index is 552. The van der Waals surface area contributed by atoms with Crippen LogP contribution in [0, 0.1) is 10.1 Å². The molecule has 0 aliphatic carbocycles. The third-order valence-corrected chi connectivity index (χ3v) is 4.62. The Morgan fingerprint density at radius 2 is 2.22 bits per heavy atom. The van der Waals surface area contributed by atoms with Crippen molar-refractivity contribution in [2.45, 2.75) is 19.9 Å². The van der Waals surface area contributed by atoms with Crippen LogP contribution in [0.2, 0.25) is 0 Å². The summed E-state index contributed by atoms with van der Waals surface area (Å²) in [6.45, 7) is 4.91. The monoisotopic (exact) mass is 284 g/mol. The summed E-state index contributed by atoms with van der Waals surface area (Å²) in [5.74, 6) is 0. The minimum absolute atomic E-state index is 0.126. The molecule has 0 spiro atoms. The van der Waals surface area contributed by atoms with Crippen LogP contribution in [0.25, 0.3) is 9.88 Å². The topological polar surface area (TPSA) is 81.0 Å². The minimum Gasteiger partial charge on any atom is -0.308 e. The van der Waals surface area contributed by atoms with Crippen molar-refractivity contribution < 1.29 is 4.92 Å². The molecule has 2 heterocycles. The zero-order valence-corrected chi connectivity index (χ0v) is 11.5. The highest BCUT2D eigenvalue weighted by Gasteiger charge is 2.16. The van der Waals surface area contributed by atoms with E-state index in [0.717, 1.165) is 32.8 Å². The van der Waals surface area contributed by atoms with Crippen LogP contribution in [0.3, 0.4) is 0 Å². The summed E-state index contributed by atoms with van der Waals surface area (Å²) in [7, 11) is 0. The molecule has 1 atom stereocenters. The van der Waals surface area contributed by atoms with Crippen molar-refractivity contribution in [3.8, 4) is 9.88 Å². The van der Waals surface area contributed by atoms with E-state index in [1.54, 1.807) is 6.07 Å². The lowest BCUT2D eigenvalue weighted by Crippen LogP contribution is -2.17. The van der Waals surface area contributed by atoms with Gasteiger partial charge in [-0.25, -0.2) is 0 Å². The molecule has 0 bridgehead atoms. The number of nitrogens with one attached hydrogen (secondary N) is 1. The molecular weight excluding hydrogens is 272 g/mol. The first kappa shape index (κ1) is 13.1. The van der Waals surface area contributed by atoms with E-state index in [0.29, 0.717) is 0 Å². The van der Waals surface area contributed by atoms with Crippen molar-refractivity contribution in [2.24, 2.45) is 0 Å². The van der Waals surface area contributed by atoms with Crippen LogP contribution in [0.15, 0.2) is 12.1 Å². The van der Waals surface area contributed by atoms with Crippen LogP contribution in [0.1, 0.15) is 24.9 Å². The lowest BCUT2D eigenvalue weighted by atomic mass is 10.3. The van der Waals surface area contributed by atoms with Gasteiger partial charge < -0.3 is 5.32 Å². The van der Waals surface area contributed by atoms with E-state index in [1.165, 1.54) is 17.4 Å². The van der Waals surface area contributed by atoms with E-state index < -0.39 is 4.92 Å². The third-order valence-electron chi connectivity index (χ3n) is 2.30. The second-order valence-corrected chi connectivity index (χ2v) is 5.69. The quantitative estimate of drug-likeness (QED) is 0.674. The molecule has 0 aromatic carbocycles. The third kappa shape index (κ3) is 2.71. The van der Waals surface area contributed by atoms with Crippen LogP contribution in [-0.2, 0) is 0 Å². The number of thiophene rings is 1. The first-order valence-corrected chi connectivity index (χ1v) is 7.06. The maximum Gasteiger partial charge on any atom is 0.324 e. The van der Waals surface area contributed by atoms with Gasteiger partial charge in [0.1, 0.15) is 5.01 Å². The number of aromatic nitrogens is 2. The largest absolute Gasteiger partial charge is 0.324 e. The molecule has 0 saturated carbocycles. The number of nitro groups is 1. The van der Waals surface area contributed by atoms with Crippen molar-refractivity contribution in [3.05, 3.63) is 27.3 Å². The fraction of sp³-hybridized carbons (Fsp3) is 0.400. The van der Waals surface area contributed by atoms with Gasteiger partial charge in [0.2, 0.25) is 0 Å². The summed E-state index contributed by atoms with van der Waals surface area (Å²) >= 11 is 2.58. The number of rotatable bonds is 5. The molecule has 0 amide bonds. The predicted molar refractivity (Wildman–Crippen MR) is 72.0 cm³/mol. The molecular formula is C10H12N4O2S2. The van der Waals surface area contributed by atoms with Gasteiger partial charge in [-0.3, -0.25) is 10.1 Å². The van der Waals surface area contributed by atoms with E-state index in [1.807, 2.05) is 13.8 Å². The number of hydrogen-bond acceptors (Lipinski definition) is 7. The fourth-order valence-electron chi connectivity index (χ4n) is 1.44. The zero-order chi connectivity index (χ0) is 13.1. The molecule has 2 aromatic rings. The van der Waals surface area contributed by atoms with E-state index >= 15 is 0 Å². The van der Waals surface area contributed by atoms with E-state index in [4.69, 9.17) is 0 Å².